The van der Waals surface area contributed by atoms with Crippen LogP contribution >= 0.6 is 0 Å². The van der Waals surface area contributed by atoms with Crippen LogP contribution in [-0.4, -0.2) is 38.7 Å². The third kappa shape index (κ3) is 3.21. The van der Waals surface area contributed by atoms with E-state index in [4.69, 9.17) is 0 Å². The second-order valence-electron chi connectivity index (χ2n) is 7.36. The number of amides is 3. The number of aromatic nitrogens is 2. The topological polar surface area (TPSA) is 84.3 Å². The van der Waals surface area contributed by atoms with Crippen molar-refractivity contribution in [1.82, 2.24) is 14.5 Å². The van der Waals surface area contributed by atoms with Gasteiger partial charge in [0.2, 0.25) is 23.7 Å². The van der Waals surface area contributed by atoms with Crippen LogP contribution in [0.3, 0.4) is 0 Å². The van der Waals surface area contributed by atoms with Crippen LogP contribution in [0, 0.1) is 11.8 Å². The van der Waals surface area contributed by atoms with Gasteiger partial charge in [0, 0.05) is 19.5 Å². The molecule has 1 fully saturated rings. The number of carbonyl (C=O) groups is 3. The number of hydrogen-bond acceptors (Lipinski definition) is 4. The Morgan fingerprint density at radius 1 is 1.11 bits per heavy atom. The first-order valence-corrected chi connectivity index (χ1v) is 9.85. The lowest BCUT2D eigenvalue weighted by atomic mass is 9.85. The third-order valence-corrected chi connectivity index (χ3v) is 5.51. The molecule has 1 N–H and O–H groups in total. The summed E-state index contributed by atoms with van der Waals surface area (Å²) in [5.41, 5.74) is 1.80. The van der Waals surface area contributed by atoms with Crippen LogP contribution in [0.4, 0.5) is 5.95 Å². The highest BCUT2D eigenvalue weighted by Crippen LogP contribution is 2.35. The fourth-order valence-electron chi connectivity index (χ4n) is 4.11. The van der Waals surface area contributed by atoms with Gasteiger partial charge < -0.3 is 4.57 Å². The zero-order valence-corrected chi connectivity index (χ0v) is 15.9. The molecule has 7 heteroatoms. The van der Waals surface area contributed by atoms with Crippen molar-refractivity contribution in [2.45, 2.75) is 39.2 Å². The number of nitrogens with one attached hydrogen (secondary N) is 1. The van der Waals surface area contributed by atoms with Gasteiger partial charge >= 0.3 is 0 Å². The molecule has 28 heavy (non-hydrogen) atoms. The summed E-state index contributed by atoms with van der Waals surface area (Å²) in [4.78, 5) is 43.3. The molecule has 4 rings (SSSR count). The number of fused-ring (bicyclic) bond motifs is 2. The lowest BCUT2D eigenvalue weighted by Gasteiger charge is -2.14. The molecule has 1 aliphatic heterocycles. The maximum Gasteiger partial charge on any atom is 0.233 e. The zero-order chi connectivity index (χ0) is 19.7. The van der Waals surface area contributed by atoms with E-state index in [-0.39, 0.29) is 42.5 Å². The molecule has 0 saturated carbocycles. The van der Waals surface area contributed by atoms with Crippen molar-refractivity contribution in [3.8, 4) is 0 Å². The average molecular weight is 380 g/mol. The van der Waals surface area contributed by atoms with E-state index < -0.39 is 0 Å². The van der Waals surface area contributed by atoms with Gasteiger partial charge in [-0.3, -0.25) is 24.6 Å². The van der Waals surface area contributed by atoms with Crippen molar-refractivity contribution in [2.24, 2.45) is 11.8 Å². The number of allylic oxidation sites excluding steroid dienone is 2. The Balaban J connectivity index is 1.43. The van der Waals surface area contributed by atoms with E-state index in [0.29, 0.717) is 18.8 Å². The van der Waals surface area contributed by atoms with E-state index in [9.17, 15) is 14.4 Å². The Morgan fingerprint density at radius 2 is 1.79 bits per heavy atom. The van der Waals surface area contributed by atoms with Gasteiger partial charge in [-0.1, -0.05) is 31.2 Å². The standard InChI is InChI=1S/C21H24N4O3/c1-2-12-24-17-10-6-5-9-16(17)22-21(24)23-18(26)11-13-25-19(27)14-7-3-4-8-15(14)20(25)28/h3-6,9-10,14-15H,2,7-8,11-13H2,1H3,(H,22,23,26)/t14-,15-/m0/s1. The fourth-order valence-corrected chi connectivity index (χ4v) is 4.11. The molecule has 1 aromatic carbocycles. The molecule has 0 spiro atoms. The number of anilines is 1. The maximum atomic E-state index is 12.5. The molecular weight excluding hydrogens is 356 g/mol. The van der Waals surface area contributed by atoms with Crippen LogP contribution in [0.1, 0.15) is 32.6 Å². The minimum atomic E-state index is -0.255. The number of likely N-dealkylation sites (tertiary alicyclic amines) is 1. The van der Waals surface area contributed by atoms with Crippen molar-refractivity contribution in [3.63, 3.8) is 0 Å². The summed E-state index contributed by atoms with van der Waals surface area (Å²) in [5, 5.41) is 2.85. The summed E-state index contributed by atoms with van der Waals surface area (Å²) >= 11 is 0. The molecule has 0 bridgehead atoms. The molecule has 2 aromatic rings. The molecule has 2 heterocycles. The highest BCUT2D eigenvalue weighted by Gasteiger charge is 2.46. The lowest BCUT2D eigenvalue weighted by molar-refractivity contribution is -0.140. The summed E-state index contributed by atoms with van der Waals surface area (Å²) in [6, 6.07) is 7.75. The maximum absolute atomic E-state index is 12.5. The molecule has 7 nitrogen and oxygen atoms in total. The van der Waals surface area contributed by atoms with Gasteiger partial charge in [0.25, 0.3) is 0 Å². The Kier molecular flexibility index (Phi) is 4.98. The Labute approximate surface area is 163 Å². The highest BCUT2D eigenvalue weighted by atomic mass is 16.2. The molecule has 0 unspecified atom stereocenters. The molecule has 1 aliphatic carbocycles. The van der Waals surface area contributed by atoms with Crippen molar-refractivity contribution in [2.75, 3.05) is 11.9 Å². The van der Waals surface area contributed by atoms with Crippen molar-refractivity contribution < 1.29 is 14.4 Å². The van der Waals surface area contributed by atoms with Gasteiger partial charge in [-0.25, -0.2) is 4.98 Å². The molecule has 0 radical (unpaired) electrons. The van der Waals surface area contributed by atoms with Gasteiger partial charge in [0.1, 0.15) is 0 Å². The molecule has 2 aliphatic rings. The largest absolute Gasteiger partial charge is 0.310 e. The first-order chi connectivity index (χ1) is 13.6. The highest BCUT2D eigenvalue weighted by molar-refractivity contribution is 6.05. The number of carbonyl (C=O) groups excluding carboxylic acids is 3. The normalized spacial score (nSPS) is 21.4. The number of imide groups is 1. The molecule has 3 amide bonds. The monoisotopic (exact) mass is 380 g/mol. The summed E-state index contributed by atoms with van der Waals surface area (Å²) in [7, 11) is 0. The number of imidazole rings is 1. The minimum absolute atomic E-state index is 0.0691. The number of nitrogens with zero attached hydrogens (tertiary/aromatic N) is 3. The van der Waals surface area contributed by atoms with Crippen LogP contribution in [0.15, 0.2) is 36.4 Å². The summed E-state index contributed by atoms with van der Waals surface area (Å²) in [6.07, 6.45) is 6.12. The van der Waals surface area contributed by atoms with Gasteiger partial charge in [0.15, 0.2) is 0 Å². The predicted octanol–water partition coefficient (Wildman–Crippen LogP) is 2.73. The van der Waals surface area contributed by atoms with Crippen molar-refractivity contribution in [3.05, 3.63) is 36.4 Å². The molecule has 146 valence electrons. The quantitative estimate of drug-likeness (QED) is 0.617. The molecule has 1 saturated heterocycles. The Bertz CT molecular complexity index is 936. The van der Waals surface area contributed by atoms with Gasteiger partial charge in [0.05, 0.1) is 22.9 Å². The van der Waals surface area contributed by atoms with E-state index >= 15 is 0 Å². The average Bonchev–Trinajstić information content (AvgIpc) is 3.16. The van der Waals surface area contributed by atoms with Crippen LogP contribution < -0.4 is 5.32 Å². The van der Waals surface area contributed by atoms with Crippen LogP contribution in [0.25, 0.3) is 11.0 Å². The van der Waals surface area contributed by atoms with E-state index in [1.165, 1.54) is 4.90 Å². The van der Waals surface area contributed by atoms with E-state index in [2.05, 4.69) is 17.2 Å². The Hall–Kier alpha value is -2.96. The van der Waals surface area contributed by atoms with Crippen molar-refractivity contribution >= 4 is 34.7 Å². The van der Waals surface area contributed by atoms with Crippen molar-refractivity contribution in [1.29, 1.82) is 0 Å². The summed E-state index contributed by atoms with van der Waals surface area (Å²) in [6.45, 7) is 2.93. The number of benzene rings is 1. The summed E-state index contributed by atoms with van der Waals surface area (Å²) in [5.74, 6) is -0.550. The first kappa shape index (κ1) is 18.4. The zero-order valence-electron chi connectivity index (χ0n) is 15.9. The predicted molar refractivity (Wildman–Crippen MR) is 105 cm³/mol. The first-order valence-electron chi connectivity index (χ1n) is 9.85. The fraction of sp³-hybridized carbons (Fsp3) is 0.429. The minimum Gasteiger partial charge on any atom is -0.310 e. The number of hydrogen-bond donors (Lipinski definition) is 1. The van der Waals surface area contributed by atoms with E-state index in [0.717, 1.165) is 24.0 Å². The van der Waals surface area contributed by atoms with Gasteiger partial charge in [-0.05, 0) is 31.4 Å². The second kappa shape index (κ2) is 7.58. The van der Waals surface area contributed by atoms with E-state index in [1.807, 2.05) is 41.0 Å². The molecular formula is C21H24N4O3. The summed E-state index contributed by atoms with van der Waals surface area (Å²) < 4.78 is 1.99. The Morgan fingerprint density at radius 3 is 2.46 bits per heavy atom. The van der Waals surface area contributed by atoms with Crippen LogP contribution in [0.2, 0.25) is 0 Å². The van der Waals surface area contributed by atoms with Gasteiger partial charge in [-0.2, -0.15) is 0 Å². The number of aryl methyl sites for hydroxylation is 1. The van der Waals surface area contributed by atoms with E-state index in [1.54, 1.807) is 0 Å². The third-order valence-electron chi connectivity index (χ3n) is 5.51. The molecule has 1 aromatic heterocycles. The van der Waals surface area contributed by atoms with Crippen LogP contribution in [0.5, 0.6) is 0 Å². The van der Waals surface area contributed by atoms with Crippen LogP contribution in [-0.2, 0) is 20.9 Å². The second-order valence-corrected chi connectivity index (χ2v) is 7.36. The lowest BCUT2D eigenvalue weighted by Crippen LogP contribution is -2.34. The molecule has 2 atom stereocenters. The SMILES string of the molecule is CCCn1c(NC(=O)CCN2C(=O)[C@H]3CC=CC[C@@H]3C2=O)nc2ccccc21. The number of para-hydroxylation sites is 2. The smallest absolute Gasteiger partial charge is 0.233 e. The van der Waals surface area contributed by atoms with Gasteiger partial charge in [-0.15, -0.1) is 0 Å². The number of rotatable bonds is 6.